The lowest BCUT2D eigenvalue weighted by atomic mass is 10.0. The van der Waals surface area contributed by atoms with Crippen LogP contribution in [0.2, 0.25) is 0 Å². The maximum absolute atomic E-state index is 10.4. The minimum atomic E-state index is -0.904. The van der Waals surface area contributed by atoms with Gasteiger partial charge in [0.25, 0.3) is 0 Å². The molecule has 2 nitrogen and oxygen atoms in total. The number of carbonyl (C=O) groups is 1. The Morgan fingerprint density at radius 3 is 1.05 bits per heavy atom. The van der Waals surface area contributed by atoms with Crippen molar-refractivity contribution in [2.24, 2.45) is 0 Å². The van der Waals surface area contributed by atoms with Gasteiger partial charge in [0.1, 0.15) is 0 Å². The Morgan fingerprint density at radius 2 is 0.711 bits per heavy atom. The molecule has 0 saturated carbocycles. The van der Waals surface area contributed by atoms with Crippen LogP contribution in [0.1, 0.15) is 174 Å². The number of carboxylic acid groups (broad SMARTS) is 1. The molecule has 0 saturated heterocycles. The van der Waals surface area contributed by atoms with Crippen LogP contribution in [0.25, 0.3) is 0 Å². The van der Waals surface area contributed by atoms with Crippen molar-refractivity contribution in [3.63, 3.8) is 0 Å². The molecule has 0 aliphatic heterocycles. The summed E-state index contributed by atoms with van der Waals surface area (Å²) in [5.41, 5.74) is 0. The number of rotatable bonds is 30. The first kappa shape index (κ1) is 36.4. The number of allylic oxidation sites excluding steroid dienone is 8. The van der Waals surface area contributed by atoms with Gasteiger partial charge >= 0.3 is 0 Å². The number of carbonyl (C=O) groups excluding carboxylic acids is 1. The molecule has 0 heterocycles. The molecule has 2 heteroatoms. The van der Waals surface area contributed by atoms with E-state index in [0.29, 0.717) is 0 Å². The van der Waals surface area contributed by atoms with Crippen LogP contribution in [-0.4, -0.2) is 5.97 Å². The predicted octanol–water partition coefficient (Wildman–Crippen LogP) is 11.1. The summed E-state index contributed by atoms with van der Waals surface area (Å²) in [5, 5.41) is 10.4. The molecule has 0 spiro atoms. The van der Waals surface area contributed by atoms with Crippen LogP contribution in [0, 0.1) is 0 Å². The van der Waals surface area contributed by atoms with Crippen molar-refractivity contribution < 1.29 is 9.90 Å². The van der Waals surface area contributed by atoms with E-state index < -0.39 is 5.97 Å². The van der Waals surface area contributed by atoms with Crippen molar-refractivity contribution in [1.82, 2.24) is 0 Å². The Bertz CT molecular complexity index is 584. The Labute approximate surface area is 238 Å². The molecule has 0 aromatic heterocycles. The van der Waals surface area contributed by atoms with Crippen molar-refractivity contribution in [3.05, 3.63) is 48.6 Å². The first-order valence-electron chi connectivity index (χ1n) is 16.6. The molecular weight excluding hydrogens is 464 g/mol. The molecule has 0 unspecified atom stereocenters. The second kappa shape index (κ2) is 33.5. The van der Waals surface area contributed by atoms with E-state index in [-0.39, 0.29) is 6.42 Å². The van der Waals surface area contributed by atoms with Gasteiger partial charge in [-0.1, -0.05) is 165 Å². The van der Waals surface area contributed by atoms with Crippen molar-refractivity contribution in [2.75, 3.05) is 0 Å². The highest BCUT2D eigenvalue weighted by Gasteiger charge is 1.95. The fraction of sp³-hybridized carbons (Fsp3) is 0.750. The maximum Gasteiger partial charge on any atom is 0.0414 e. The monoisotopic (exact) mass is 527 g/mol. The van der Waals surface area contributed by atoms with E-state index in [2.05, 4.69) is 55.5 Å². The number of aliphatic carboxylic acids is 1. The summed E-state index contributed by atoms with van der Waals surface area (Å²) in [6.45, 7) is 2.26. The number of unbranched alkanes of at least 4 members (excludes halogenated alkanes) is 20. The molecule has 38 heavy (non-hydrogen) atoms. The third-order valence-corrected chi connectivity index (χ3v) is 7.21. The molecule has 0 aliphatic carbocycles. The van der Waals surface area contributed by atoms with Crippen LogP contribution >= 0.6 is 0 Å². The molecule has 0 amide bonds. The van der Waals surface area contributed by atoms with Gasteiger partial charge in [0, 0.05) is 5.97 Å². The predicted molar refractivity (Wildman–Crippen MR) is 167 cm³/mol. The zero-order valence-corrected chi connectivity index (χ0v) is 25.3. The minimum Gasteiger partial charge on any atom is -0.550 e. The largest absolute Gasteiger partial charge is 0.550 e. The Kier molecular flexibility index (Phi) is 32.1. The molecule has 0 aliphatic rings. The van der Waals surface area contributed by atoms with Crippen LogP contribution in [-0.2, 0) is 4.79 Å². The van der Waals surface area contributed by atoms with Crippen LogP contribution in [0.5, 0.6) is 0 Å². The molecule has 0 radical (unpaired) electrons. The molecular formula is C36H63O2-. The summed E-state index contributed by atoms with van der Waals surface area (Å²) < 4.78 is 0. The van der Waals surface area contributed by atoms with E-state index in [4.69, 9.17) is 0 Å². The lowest BCUT2D eigenvalue weighted by Gasteiger charge is -2.04. The fourth-order valence-corrected chi connectivity index (χ4v) is 4.74. The van der Waals surface area contributed by atoms with Crippen molar-refractivity contribution in [3.8, 4) is 0 Å². The third kappa shape index (κ3) is 34.4. The summed E-state index contributed by atoms with van der Waals surface area (Å²) in [7, 11) is 0. The smallest absolute Gasteiger partial charge is 0.0414 e. The zero-order valence-electron chi connectivity index (χ0n) is 25.3. The first-order chi connectivity index (χ1) is 18.8. The molecule has 0 aromatic carbocycles. The standard InChI is InChI=1S/C36H64O2/c1-2-3-4-5-6-7-8-9-10-11-12-13-14-15-16-17-18-19-20-21-22-23-24-25-26-27-28-29-30-31-32-33-34-35-36(37)38/h6-7,9-10,12-13,15-16H,2-5,8,11,14,17-35H2,1H3,(H,37,38)/p-1/b7-6-,10-9-,13-12-,16-15-. The van der Waals surface area contributed by atoms with E-state index >= 15 is 0 Å². The SMILES string of the molecule is CCCCC/C=C\C/C=C\C/C=C\C/C=C\CCCCCCCCCCCCCCCCCCCC(=O)[O-]. The second-order valence-corrected chi connectivity index (χ2v) is 11.0. The summed E-state index contributed by atoms with van der Waals surface area (Å²) in [6, 6.07) is 0. The van der Waals surface area contributed by atoms with Crippen LogP contribution in [0.15, 0.2) is 48.6 Å². The number of hydrogen-bond acceptors (Lipinski definition) is 2. The lowest BCUT2D eigenvalue weighted by Crippen LogP contribution is -2.21. The summed E-state index contributed by atoms with van der Waals surface area (Å²) in [4.78, 5) is 10.4. The second-order valence-electron chi connectivity index (χ2n) is 11.0. The zero-order chi connectivity index (χ0) is 27.6. The fourth-order valence-electron chi connectivity index (χ4n) is 4.74. The third-order valence-electron chi connectivity index (χ3n) is 7.21. The van der Waals surface area contributed by atoms with Gasteiger partial charge in [-0.3, -0.25) is 0 Å². The summed E-state index contributed by atoms with van der Waals surface area (Å²) >= 11 is 0. The molecule has 0 N–H and O–H groups in total. The van der Waals surface area contributed by atoms with E-state index in [0.717, 1.165) is 32.1 Å². The van der Waals surface area contributed by atoms with Crippen molar-refractivity contribution in [2.45, 2.75) is 174 Å². The van der Waals surface area contributed by atoms with Gasteiger partial charge in [-0.15, -0.1) is 0 Å². The molecule has 0 rings (SSSR count). The van der Waals surface area contributed by atoms with Crippen LogP contribution in [0.3, 0.4) is 0 Å². The number of hydrogen-bond donors (Lipinski definition) is 0. The van der Waals surface area contributed by atoms with Gasteiger partial charge in [-0.2, -0.15) is 0 Å². The summed E-state index contributed by atoms with van der Waals surface area (Å²) in [6.07, 6.45) is 50.6. The highest BCUT2D eigenvalue weighted by atomic mass is 16.4. The minimum absolute atomic E-state index is 0.229. The van der Waals surface area contributed by atoms with Crippen LogP contribution in [0.4, 0.5) is 0 Å². The van der Waals surface area contributed by atoms with Gasteiger partial charge in [-0.25, -0.2) is 0 Å². The maximum atomic E-state index is 10.4. The summed E-state index contributed by atoms with van der Waals surface area (Å²) in [5.74, 6) is -0.904. The quantitative estimate of drug-likeness (QED) is 0.0688. The first-order valence-corrected chi connectivity index (χ1v) is 16.6. The van der Waals surface area contributed by atoms with Gasteiger partial charge < -0.3 is 9.90 Å². The average molecular weight is 528 g/mol. The molecule has 0 bridgehead atoms. The topological polar surface area (TPSA) is 40.1 Å². The normalized spacial score (nSPS) is 12.2. The Morgan fingerprint density at radius 1 is 0.421 bits per heavy atom. The van der Waals surface area contributed by atoms with E-state index in [1.807, 2.05) is 0 Å². The molecule has 0 fully saturated rings. The molecule has 0 aromatic rings. The Hall–Kier alpha value is -1.57. The average Bonchev–Trinajstić information content (AvgIpc) is 2.91. The highest BCUT2D eigenvalue weighted by Crippen LogP contribution is 2.14. The van der Waals surface area contributed by atoms with Crippen molar-refractivity contribution in [1.29, 1.82) is 0 Å². The van der Waals surface area contributed by atoms with Crippen LogP contribution < -0.4 is 5.11 Å². The van der Waals surface area contributed by atoms with Gasteiger partial charge in [0.2, 0.25) is 0 Å². The van der Waals surface area contributed by atoms with Gasteiger partial charge in [0.15, 0.2) is 0 Å². The number of carboxylic acids is 1. The highest BCUT2D eigenvalue weighted by molar-refractivity contribution is 5.64. The van der Waals surface area contributed by atoms with E-state index in [1.54, 1.807) is 0 Å². The van der Waals surface area contributed by atoms with Gasteiger partial charge in [-0.05, 0) is 57.8 Å². The Balaban J connectivity index is 3.22. The van der Waals surface area contributed by atoms with E-state index in [9.17, 15) is 9.90 Å². The molecule has 220 valence electrons. The molecule has 0 atom stereocenters. The van der Waals surface area contributed by atoms with Gasteiger partial charge in [0.05, 0.1) is 0 Å². The van der Waals surface area contributed by atoms with Crippen molar-refractivity contribution >= 4 is 5.97 Å². The van der Waals surface area contributed by atoms with E-state index in [1.165, 1.54) is 128 Å². The lowest BCUT2D eigenvalue weighted by molar-refractivity contribution is -0.305.